The van der Waals surface area contributed by atoms with Gasteiger partial charge in [0.1, 0.15) is 5.82 Å². The van der Waals surface area contributed by atoms with Crippen LogP contribution in [-0.4, -0.2) is 37.4 Å². The highest BCUT2D eigenvalue weighted by Crippen LogP contribution is 2.34. The molecule has 0 unspecified atom stereocenters. The highest BCUT2D eigenvalue weighted by atomic mass is 16.3. The molecule has 3 rings (SSSR count). The van der Waals surface area contributed by atoms with Crippen molar-refractivity contribution in [2.75, 3.05) is 17.6 Å². The average Bonchev–Trinajstić information content (AvgIpc) is 2.94. The molecule has 0 amide bonds. The van der Waals surface area contributed by atoms with Crippen LogP contribution in [-0.2, 0) is 0 Å². The Balaban J connectivity index is 1.70. The third-order valence-corrected chi connectivity index (χ3v) is 4.53. The third-order valence-electron chi connectivity index (χ3n) is 4.53. The lowest BCUT2D eigenvalue weighted by molar-refractivity contribution is 0.00225. The summed E-state index contributed by atoms with van der Waals surface area (Å²) in [6.07, 6.45) is 6.68. The molecule has 7 heteroatoms. The zero-order valence-corrected chi connectivity index (χ0v) is 12.3. The first kappa shape index (κ1) is 14.1. The number of aromatic nitrogens is 4. The molecule has 21 heavy (non-hydrogen) atoms. The molecule has 0 bridgehead atoms. The van der Waals surface area contributed by atoms with Gasteiger partial charge in [0.05, 0.1) is 17.2 Å². The third kappa shape index (κ3) is 2.92. The van der Waals surface area contributed by atoms with E-state index in [-0.39, 0.29) is 5.95 Å². The van der Waals surface area contributed by atoms with Crippen LogP contribution in [0, 0.1) is 5.92 Å². The number of nitrogens with one attached hydrogen (secondary N) is 2. The zero-order chi connectivity index (χ0) is 14.9. The standard InChI is InChI=1S/C14H22N6O/c1-2-9-3-5-14(21,6-4-9)8-16-11-10-7-17-20-12(10)19-13(15)18-11/h7,9,21H,2-6,8H2,1H3,(H4,15,16,17,18,19,20). The van der Waals surface area contributed by atoms with Crippen molar-refractivity contribution in [3.63, 3.8) is 0 Å². The van der Waals surface area contributed by atoms with Crippen LogP contribution in [0.15, 0.2) is 6.20 Å². The van der Waals surface area contributed by atoms with Gasteiger partial charge in [0, 0.05) is 6.54 Å². The van der Waals surface area contributed by atoms with Gasteiger partial charge in [-0.2, -0.15) is 15.1 Å². The van der Waals surface area contributed by atoms with Gasteiger partial charge in [-0.05, 0) is 31.6 Å². The minimum atomic E-state index is -0.665. The van der Waals surface area contributed by atoms with Gasteiger partial charge < -0.3 is 16.2 Å². The van der Waals surface area contributed by atoms with Crippen molar-refractivity contribution in [1.82, 2.24) is 20.2 Å². The number of nitrogens with zero attached hydrogens (tertiary/aromatic N) is 3. The molecule has 0 radical (unpaired) electrons. The summed E-state index contributed by atoms with van der Waals surface area (Å²) in [7, 11) is 0. The number of hydrogen-bond acceptors (Lipinski definition) is 6. The van der Waals surface area contributed by atoms with Crippen molar-refractivity contribution in [2.24, 2.45) is 5.92 Å². The van der Waals surface area contributed by atoms with Gasteiger partial charge in [-0.1, -0.05) is 13.3 Å². The Labute approximate surface area is 123 Å². The molecule has 1 aliphatic rings. The van der Waals surface area contributed by atoms with E-state index in [9.17, 15) is 5.11 Å². The Morgan fingerprint density at radius 2 is 2.19 bits per heavy atom. The van der Waals surface area contributed by atoms with Crippen LogP contribution in [0.3, 0.4) is 0 Å². The second-order valence-corrected chi connectivity index (χ2v) is 5.99. The Hall–Kier alpha value is -1.89. The smallest absolute Gasteiger partial charge is 0.224 e. The number of rotatable bonds is 4. The molecule has 0 aliphatic heterocycles. The number of hydrogen-bond donors (Lipinski definition) is 4. The quantitative estimate of drug-likeness (QED) is 0.681. The predicted molar refractivity (Wildman–Crippen MR) is 81.8 cm³/mol. The van der Waals surface area contributed by atoms with Crippen molar-refractivity contribution < 1.29 is 5.11 Å². The number of nitrogen functional groups attached to an aromatic ring is 1. The van der Waals surface area contributed by atoms with Crippen LogP contribution in [0.4, 0.5) is 11.8 Å². The molecule has 0 atom stereocenters. The SMILES string of the molecule is CCC1CCC(O)(CNc2nc(N)nc3[nH]ncc23)CC1. The van der Waals surface area contributed by atoms with Crippen molar-refractivity contribution >= 4 is 22.8 Å². The lowest BCUT2D eigenvalue weighted by Crippen LogP contribution is -2.40. The van der Waals surface area contributed by atoms with Gasteiger partial charge in [0.15, 0.2) is 5.65 Å². The molecule has 0 saturated heterocycles. The van der Waals surface area contributed by atoms with E-state index in [1.165, 1.54) is 6.42 Å². The van der Waals surface area contributed by atoms with E-state index in [0.717, 1.165) is 37.0 Å². The number of fused-ring (bicyclic) bond motifs is 1. The molecular formula is C14H22N6O. The summed E-state index contributed by atoms with van der Waals surface area (Å²) in [5.74, 6) is 1.56. The molecule has 0 spiro atoms. The van der Waals surface area contributed by atoms with Crippen LogP contribution in [0.1, 0.15) is 39.0 Å². The van der Waals surface area contributed by atoms with E-state index in [2.05, 4.69) is 32.4 Å². The zero-order valence-electron chi connectivity index (χ0n) is 12.3. The van der Waals surface area contributed by atoms with Crippen molar-refractivity contribution in [3.05, 3.63) is 6.20 Å². The van der Waals surface area contributed by atoms with Gasteiger partial charge in [-0.25, -0.2) is 0 Å². The maximum atomic E-state index is 10.7. The van der Waals surface area contributed by atoms with Crippen LogP contribution in [0.2, 0.25) is 0 Å². The Morgan fingerprint density at radius 3 is 2.90 bits per heavy atom. The van der Waals surface area contributed by atoms with Crippen molar-refractivity contribution in [3.8, 4) is 0 Å². The molecule has 2 aromatic rings. The summed E-state index contributed by atoms with van der Waals surface area (Å²) in [5, 5.41) is 21.4. The molecular weight excluding hydrogens is 268 g/mol. The first-order valence-electron chi connectivity index (χ1n) is 7.52. The first-order chi connectivity index (χ1) is 10.1. The topological polar surface area (TPSA) is 113 Å². The van der Waals surface area contributed by atoms with Crippen molar-refractivity contribution in [1.29, 1.82) is 0 Å². The van der Waals surface area contributed by atoms with Gasteiger partial charge >= 0.3 is 0 Å². The second-order valence-electron chi connectivity index (χ2n) is 5.99. The summed E-state index contributed by atoms with van der Waals surface area (Å²) >= 11 is 0. The Morgan fingerprint density at radius 1 is 1.43 bits per heavy atom. The monoisotopic (exact) mass is 290 g/mol. The van der Waals surface area contributed by atoms with E-state index in [4.69, 9.17) is 5.73 Å². The number of aliphatic hydroxyl groups is 1. The number of aromatic amines is 1. The number of H-pyrrole nitrogens is 1. The van der Waals surface area contributed by atoms with E-state index < -0.39 is 5.60 Å². The lowest BCUT2D eigenvalue weighted by atomic mass is 9.78. The summed E-state index contributed by atoms with van der Waals surface area (Å²) in [6, 6.07) is 0. The highest BCUT2D eigenvalue weighted by molar-refractivity contribution is 5.86. The summed E-state index contributed by atoms with van der Waals surface area (Å²) < 4.78 is 0. The molecule has 0 aromatic carbocycles. The Bertz CT molecular complexity index is 617. The second kappa shape index (κ2) is 5.48. The van der Waals surface area contributed by atoms with Crippen LogP contribution >= 0.6 is 0 Å². The minimum absolute atomic E-state index is 0.191. The van der Waals surface area contributed by atoms with Crippen molar-refractivity contribution in [2.45, 2.75) is 44.6 Å². The number of anilines is 2. The lowest BCUT2D eigenvalue weighted by Gasteiger charge is -2.36. The fourth-order valence-corrected chi connectivity index (χ4v) is 3.04. The first-order valence-corrected chi connectivity index (χ1v) is 7.52. The van der Waals surface area contributed by atoms with E-state index >= 15 is 0 Å². The van der Waals surface area contributed by atoms with Gasteiger partial charge in [0.2, 0.25) is 5.95 Å². The number of nitrogens with two attached hydrogens (primary N) is 1. The molecule has 114 valence electrons. The molecule has 1 fully saturated rings. The maximum absolute atomic E-state index is 10.7. The molecule has 1 aliphatic carbocycles. The molecule has 7 nitrogen and oxygen atoms in total. The van der Waals surface area contributed by atoms with E-state index in [1.54, 1.807) is 6.20 Å². The fourth-order valence-electron chi connectivity index (χ4n) is 3.04. The van der Waals surface area contributed by atoms with Gasteiger partial charge in [-0.3, -0.25) is 5.10 Å². The van der Waals surface area contributed by atoms with Gasteiger partial charge in [0.25, 0.3) is 0 Å². The average molecular weight is 290 g/mol. The summed E-state index contributed by atoms with van der Waals surface area (Å²) in [6.45, 7) is 2.69. The predicted octanol–water partition coefficient (Wildman–Crippen LogP) is 1.68. The molecule has 1 saturated carbocycles. The normalized spacial score (nSPS) is 26.1. The minimum Gasteiger partial charge on any atom is -0.388 e. The fraction of sp³-hybridized carbons (Fsp3) is 0.643. The summed E-state index contributed by atoms with van der Waals surface area (Å²) in [5.41, 5.74) is 5.63. The summed E-state index contributed by atoms with van der Waals surface area (Å²) in [4.78, 5) is 8.28. The van der Waals surface area contributed by atoms with E-state index in [1.807, 2.05) is 0 Å². The molecule has 2 aromatic heterocycles. The van der Waals surface area contributed by atoms with Crippen LogP contribution in [0.5, 0.6) is 0 Å². The molecule has 5 N–H and O–H groups in total. The largest absolute Gasteiger partial charge is 0.388 e. The van der Waals surface area contributed by atoms with Crippen LogP contribution in [0.25, 0.3) is 11.0 Å². The van der Waals surface area contributed by atoms with E-state index in [0.29, 0.717) is 18.0 Å². The van der Waals surface area contributed by atoms with Crippen LogP contribution < -0.4 is 11.1 Å². The highest BCUT2D eigenvalue weighted by Gasteiger charge is 2.32. The molecule has 2 heterocycles. The maximum Gasteiger partial charge on any atom is 0.224 e. The Kier molecular flexibility index (Phi) is 3.67. The van der Waals surface area contributed by atoms with Gasteiger partial charge in [-0.15, -0.1) is 0 Å².